The molecule has 6 nitrogen and oxygen atoms in total. The molecule has 0 aliphatic rings. The van der Waals surface area contributed by atoms with Gasteiger partial charge in [0.05, 0.1) is 24.1 Å². The van der Waals surface area contributed by atoms with Gasteiger partial charge in [-0.2, -0.15) is 0 Å². The maximum Gasteiger partial charge on any atom is 0.356 e. The lowest BCUT2D eigenvalue weighted by Gasteiger charge is -2.11. The van der Waals surface area contributed by atoms with Gasteiger partial charge in [0.2, 0.25) is 0 Å². The second kappa shape index (κ2) is 6.30. The third kappa shape index (κ3) is 3.53. The highest BCUT2D eigenvalue weighted by Crippen LogP contribution is 2.17. The lowest BCUT2D eigenvalue weighted by molar-refractivity contribution is 0.0691. The van der Waals surface area contributed by atoms with Crippen molar-refractivity contribution in [3.05, 3.63) is 47.3 Å². The molecule has 0 atom stereocenters. The average molecular weight is 286 g/mol. The van der Waals surface area contributed by atoms with Crippen molar-refractivity contribution in [2.75, 3.05) is 5.32 Å². The Kier molecular flexibility index (Phi) is 4.47. The van der Waals surface area contributed by atoms with Gasteiger partial charge in [0.25, 0.3) is 0 Å². The molecule has 0 spiro atoms. The Morgan fingerprint density at radius 3 is 2.76 bits per heavy atom. The van der Waals surface area contributed by atoms with Crippen LogP contribution in [0, 0.1) is 6.92 Å². The summed E-state index contributed by atoms with van der Waals surface area (Å²) < 4.78 is 0. The zero-order valence-electron chi connectivity index (χ0n) is 12.3. The van der Waals surface area contributed by atoms with Gasteiger partial charge in [-0.3, -0.25) is 4.98 Å². The molecule has 0 radical (unpaired) electrons. The third-order valence-corrected chi connectivity index (χ3v) is 3.09. The SMILES string of the molecule is Cc1cccnc1CNc1cnc(C(C)C)nc1C(=O)O. The fourth-order valence-corrected chi connectivity index (χ4v) is 1.85. The molecule has 0 aromatic carbocycles. The number of hydrogen-bond donors (Lipinski definition) is 2. The smallest absolute Gasteiger partial charge is 0.356 e. The number of carboxylic acid groups (broad SMARTS) is 1. The van der Waals surface area contributed by atoms with Gasteiger partial charge < -0.3 is 10.4 Å². The Hall–Kier alpha value is -2.50. The minimum atomic E-state index is -1.07. The summed E-state index contributed by atoms with van der Waals surface area (Å²) in [5.41, 5.74) is 2.29. The molecular weight excluding hydrogens is 268 g/mol. The Morgan fingerprint density at radius 2 is 2.14 bits per heavy atom. The van der Waals surface area contributed by atoms with Crippen molar-refractivity contribution < 1.29 is 9.90 Å². The minimum Gasteiger partial charge on any atom is -0.476 e. The van der Waals surface area contributed by atoms with Crippen LogP contribution >= 0.6 is 0 Å². The third-order valence-electron chi connectivity index (χ3n) is 3.09. The molecule has 2 N–H and O–H groups in total. The lowest BCUT2D eigenvalue weighted by atomic mass is 10.2. The van der Waals surface area contributed by atoms with Gasteiger partial charge in [-0.15, -0.1) is 0 Å². The van der Waals surface area contributed by atoms with Gasteiger partial charge in [-0.05, 0) is 18.6 Å². The zero-order valence-corrected chi connectivity index (χ0v) is 12.3. The number of rotatable bonds is 5. The summed E-state index contributed by atoms with van der Waals surface area (Å²) in [4.78, 5) is 23.9. The van der Waals surface area contributed by atoms with Crippen molar-refractivity contribution in [3.63, 3.8) is 0 Å². The van der Waals surface area contributed by atoms with Gasteiger partial charge in [-0.1, -0.05) is 19.9 Å². The van der Waals surface area contributed by atoms with E-state index in [0.717, 1.165) is 11.3 Å². The van der Waals surface area contributed by atoms with Crippen molar-refractivity contribution in [1.29, 1.82) is 0 Å². The van der Waals surface area contributed by atoms with Gasteiger partial charge >= 0.3 is 5.97 Å². The van der Waals surface area contributed by atoms with E-state index < -0.39 is 5.97 Å². The molecule has 0 fully saturated rings. The number of aromatic nitrogens is 3. The topological polar surface area (TPSA) is 88.0 Å². The van der Waals surface area contributed by atoms with Crippen LogP contribution in [-0.2, 0) is 6.54 Å². The summed E-state index contributed by atoms with van der Waals surface area (Å²) in [6.07, 6.45) is 3.23. The van der Waals surface area contributed by atoms with Crippen LogP contribution in [0.15, 0.2) is 24.5 Å². The number of hydrogen-bond acceptors (Lipinski definition) is 5. The normalized spacial score (nSPS) is 10.7. The molecule has 0 saturated carbocycles. The first-order valence-corrected chi connectivity index (χ1v) is 6.73. The number of carbonyl (C=O) groups is 1. The second-order valence-corrected chi connectivity index (χ2v) is 5.07. The number of nitrogens with zero attached hydrogens (tertiary/aromatic N) is 3. The summed E-state index contributed by atoms with van der Waals surface area (Å²) in [7, 11) is 0. The van der Waals surface area contributed by atoms with Crippen LogP contribution in [0.25, 0.3) is 0 Å². The van der Waals surface area contributed by atoms with E-state index in [9.17, 15) is 9.90 Å². The Morgan fingerprint density at radius 1 is 1.38 bits per heavy atom. The van der Waals surface area contributed by atoms with Crippen molar-refractivity contribution in [3.8, 4) is 0 Å². The van der Waals surface area contributed by atoms with E-state index in [1.54, 1.807) is 6.20 Å². The fourth-order valence-electron chi connectivity index (χ4n) is 1.85. The number of anilines is 1. The molecular formula is C15H18N4O2. The summed E-state index contributed by atoms with van der Waals surface area (Å²) in [5.74, 6) is -0.471. The monoisotopic (exact) mass is 286 g/mol. The molecule has 2 aromatic heterocycles. The van der Waals surface area contributed by atoms with Crippen molar-refractivity contribution in [2.45, 2.75) is 33.2 Å². The van der Waals surface area contributed by atoms with Gasteiger partial charge in [0.1, 0.15) is 5.82 Å². The highest BCUT2D eigenvalue weighted by atomic mass is 16.4. The van der Waals surface area contributed by atoms with Crippen LogP contribution in [0.4, 0.5) is 5.69 Å². The molecule has 0 amide bonds. The predicted octanol–water partition coefficient (Wildman–Crippen LogP) is 2.61. The molecule has 0 aliphatic heterocycles. The highest BCUT2D eigenvalue weighted by Gasteiger charge is 2.15. The van der Waals surface area contributed by atoms with Crippen LogP contribution in [0.1, 0.15) is 47.3 Å². The van der Waals surface area contributed by atoms with Crippen LogP contribution in [0.2, 0.25) is 0 Å². The number of pyridine rings is 1. The Labute approximate surface area is 123 Å². The summed E-state index contributed by atoms with van der Waals surface area (Å²) in [5, 5.41) is 12.3. The zero-order chi connectivity index (χ0) is 15.4. The Balaban J connectivity index is 2.24. The quantitative estimate of drug-likeness (QED) is 0.878. The predicted molar refractivity (Wildman–Crippen MR) is 79.4 cm³/mol. The maximum absolute atomic E-state index is 11.3. The maximum atomic E-state index is 11.3. The van der Waals surface area contributed by atoms with Crippen LogP contribution in [-0.4, -0.2) is 26.0 Å². The first kappa shape index (κ1) is 14.9. The van der Waals surface area contributed by atoms with E-state index in [-0.39, 0.29) is 11.6 Å². The van der Waals surface area contributed by atoms with E-state index in [4.69, 9.17) is 0 Å². The van der Waals surface area contributed by atoms with Crippen molar-refractivity contribution in [2.24, 2.45) is 0 Å². The molecule has 2 aromatic rings. The number of aryl methyl sites for hydroxylation is 1. The van der Waals surface area contributed by atoms with Gasteiger partial charge in [-0.25, -0.2) is 14.8 Å². The highest BCUT2D eigenvalue weighted by molar-refractivity contribution is 5.91. The molecule has 0 saturated heterocycles. The van der Waals surface area contributed by atoms with Crippen LogP contribution in [0.3, 0.4) is 0 Å². The van der Waals surface area contributed by atoms with Gasteiger partial charge in [0, 0.05) is 12.1 Å². The molecule has 21 heavy (non-hydrogen) atoms. The molecule has 2 heterocycles. The number of aromatic carboxylic acids is 1. The number of carboxylic acids is 1. The summed E-state index contributed by atoms with van der Waals surface area (Å²) in [6.45, 7) is 6.23. The molecule has 110 valence electrons. The first-order chi connectivity index (χ1) is 9.99. The first-order valence-electron chi connectivity index (χ1n) is 6.73. The van der Waals surface area contributed by atoms with E-state index in [0.29, 0.717) is 18.1 Å². The van der Waals surface area contributed by atoms with Gasteiger partial charge in [0.15, 0.2) is 5.69 Å². The van der Waals surface area contributed by atoms with E-state index in [2.05, 4.69) is 20.3 Å². The summed E-state index contributed by atoms with van der Waals surface area (Å²) >= 11 is 0. The van der Waals surface area contributed by atoms with E-state index in [1.807, 2.05) is 32.9 Å². The lowest BCUT2D eigenvalue weighted by Crippen LogP contribution is -2.13. The Bertz CT molecular complexity index is 656. The minimum absolute atomic E-state index is 0.0118. The molecule has 2 rings (SSSR count). The largest absolute Gasteiger partial charge is 0.476 e. The van der Waals surface area contributed by atoms with Crippen molar-refractivity contribution >= 4 is 11.7 Å². The summed E-state index contributed by atoms with van der Waals surface area (Å²) in [6, 6.07) is 3.82. The average Bonchev–Trinajstić information content (AvgIpc) is 2.46. The molecule has 0 unspecified atom stereocenters. The standard InChI is InChI=1S/C15H18N4O2/c1-9(2)14-18-8-12(13(19-14)15(20)21)17-7-11-10(3)5-4-6-16-11/h4-6,8-9,17H,7H2,1-3H3,(H,20,21). The van der Waals surface area contributed by atoms with Crippen molar-refractivity contribution in [1.82, 2.24) is 15.0 Å². The van der Waals surface area contributed by atoms with E-state index >= 15 is 0 Å². The molecule has 0 bridgehead atoms. The van der Waals surface area contributed by atoms with Crippen LogP contribution < -0.4 is 5.32 Å². The van der Waals surface area contributed by atoms with E-state index in [1.165, 1.54) is 6.20 Å². The number of nitrogens with one attached hydrogen (secondary N) is 1. The van der Waals surface area contributed by atoms with Crippen LogP contribution in [0.5, 0.6) is 0 Å². The second-order valence-electron chi connectivity index (χ2n) is 5.07. The molecule has 0 aliphatic carbocycles. The fraction of sp³-hybridized carbons (Fsp3) is 0.333. The molecule has 6 heteroatoms.